The minimum atomic E-state index is -0.363. The molecule has 0 atom stereocenters. The molecule has 1 aliphatic rings. The van der Waals surface area contributed by atoms with Gasteiger partial charge in [0.2, 0.25) is 5.91 Å². The highest BCUT2D eigenvalue weighted by Crippen LogP contribution is 2.23. The zero-order chi connectivity index (χ0) is 16.9. The van der Waals surface area contributed by atoms with Gasteiger partial charge in [-0.1, -0.05) is 12.1 Å². The zero-order valence-corrected chi connectivity index (χ0v) is 13.4. The van der Waals surface area contributed by atoms with Gasteiger partial charge in [-0.3, -0.25) is 4.79 Å². The molecule has 0 bridgehead atoms. The first-order chi connectivity index (χ1) is 11.6. The summed E-state index contributed by atoms with van der Waals surface area (Å²) in [5, 5.41) is 12.4. The molecule has 24 heavy (non-hydrogen) atoms. The monoisotopic (exact) mass is 332 g/mol. The number of hydrogen-bond donors (Lipinski definition) is 2. The Morgan fingerprint density at radius 1 is 1.29 bits per heavy atom. The minimum absolute atomic E-state index is 0.0537. The first-order valence-corrected chi connectivity index (χ1v) is 8.29. The average molecular weight is 332 g/mol. The van der Waals surface area contributed by atoms with Crippen molar-refractivity contribution >= 4 is 5.91 Å². The van der Waals surface area contributed by atoms with E-state index in [0.717, 1.165) is 25.7 Å². The first-order valence-electron chi connectivity index (χ1n) is 8.29. The third-order valence-corrected chi connectivity index (χ3v) is 4.32. The van der Waals surface area contributed by atoms with E-state index in [2.05, 4.69) is 10.3 Å². The number of hydrogen-bond acceptors (Lipinski definition) is 4. The van der Waals surface area contributed by atoms with Gasteiger partial charge in [-0.15, -0.1) is 0 Å². The van der Waals surface area contributed by atoms with Crippen LogP contribution in [0, 0.1) is 5.82 Å². The van der Waals surface area contributed by atoms with Gasteiger partial charge in [-0.2, -0.15) is 0 Å². The molecule has 0 unspecified atom stereocenters. The van der Waals surface area contributed by atoms with E-state index in [9.17, 15) is 14.3 Å². The van der Waals surface area contributed by atoms with E-state index >= 15 is 0 Å². The van der Waals surface area contributed by atoms with Crippen LogP contribution in [-0.4, -0.2) is 28.1 Å². The smallest absolute Gasteiger partial charge is 0.220 e. The lowest BCUT2D eigenvalue weighted by Crippen LogP contribution is -2.38. The number of carbonyl (C=O) groups is 1. The lowest BCUT2D eigenvalue weighted by molar-refractivity contribution is -0.122. The zero-order valence-electron chi connectivity index (χ0n) is 13.4. The molecule has 6 heteroatoms. The van der Waals surface area contributed by atoms with Crippen molar-refractivity contribution in [2.24, 2.45) is 0 Å². The number of aryl methyl sites for hydroxylation is 1. The van der Waals surface area contributed by atoms with Crippen LogP contribution in [0.25, 0.3) is 11.3 Å². The summed E-state index contributed by atoms with van der Waals surface area (Å²) in [7, 11) is 0. The van der Waals surface area contributed by atoms with Crippen molar-refractivity contribution in [1.29, 1.82) is 0 Å². The minimum Gasteiger partial charge on any atom is -0.441 e. The molecule has 1 amide bonds. The largest absolute Gasteiger partial charge is 0.441 e. The summed E-state index contributed by atoms with van der Waals surface area (Å²) >= 11 is 0. The fourth-order valence-corrected chi connectivity index (χ4v) is 2.95. The van der Waals surface area contributed by atoms with Gasteiger partial charge in [-0.05, 0) is 37.8 Å². The van der Waals surface area contributed by atoms with Gasteiger partial charge in [-0.25, -0.2) is 9.37 Å². The molecule has 5 nitrogen and oxygen atoms in total. The van der Waals surface area contributed by atoms with Crippen molar-refractivity contribution in [3.8, 4) is 11.3 Å². The fraction of sp³-hybridized carbons (Fsp3) is 0.444. The lowest BCUT2D eigenvalue weighted by Gasteiger charge is -2.26. The van der Waals surface area contributed by atoms with Gasteiger partial charge in [0, 0.05) is 18.9 Å². The molecule has 1 fully saturated rings. The molecule has 1 saturated carbocycles. The Labute approximate surface area is 139 Å². The summed E-state index contributed by atoms with van der Waals surface area (Å²) in [4.78, 5) is 16.1. The Morgan fingerprint density at radius 3 is 2.79 bits per heavy atom. The van der Waals surface area contributed by atoms with Gasteiger partial charge >= 0.3 is 0 Å². The molecule has 2 aromatic rings. The Bertz CT molecular complexity index is 693. The van der Waals surface area contributed by atoms with Crippen LogP contribution in [0.3, 0.4) is 0 Å². The van der Waals surface area contributed by atoms with Crippen molar-refractivity contribution in [3.05, 3.63) is 42.2 Å². The number of nitrogens with zero attached hydrogens (tertiary/aromatic N) is 1. The Morgan fingerprint density at radius 2 is 2.04 bits per heavy atom. The Kier molecular flexibility index (Phi) is 5.25. The standard InChI is InChI=1S/C18H21FN2O3/c19-15-4-2-1-3-14(15)16-11-20-18(24-16)10-9-17(23)21-12-5-7-13(22)8-6-12/h1-4,11-13,22H,5-10H2,(H,21,23). The summed E-state index contributed by atoms with van der Waals surface area (Å²) in [6.07, 6.45) is 4.97. The van der Waals surface area contributed by atoms with E-state index in [1.54, 1.807) is 18.2 Å². The maximum absolute atomic E-state index is 13.7. The van der Waals surface area contributed by atoms with Gasteiger partial charge in [0.05, 0.1) is 17.9 Å². The van der Waals surface area contributed by atoms with E-state index in [1.165, 1.54) is 12.3 Å². The molecule has 0 saturated heterocycles. The second-order valence-electron chi connectivity index (χ2n) is 6.17. The van der Waals surface area contributed by atoms with Crippen LogP contribution in [-0.2, 0) is 11.2 Å². The summed E-state index contributed by atoms with van der Waals surface area (Å²) in [6.45, 7) is 0. The second kappa shape index (κ2) is 7.57. The van der Waals surface area contributed by atoms with Gasteiger partial charge in [0.1, 0.15) is 5.82 Å². The first kappa shape index (κ1) is 16.6. The maximum atomic E-state index is 13.7. The van der Waals surface area contributed by atoms with E-state index in [-0.39, 0.29) is 30.3 Å². The van der Waals surface area contributed by atoms with Gasteiger partial charge < -0.3 is 14.8 Å². The molecule has 0 aliphatic heterocycles. The molecule has 1 aromatic heterocycles. The molecular formula is C18H21FN2O3. The summed E-state index contributed by atoms with van der Waals surface area (Å²) in [6, 6.07) is 6.48. The topological polar surface area (TPSA) is 75.4 Å². The predicted octanol–water partition coefficient (Wildman–Crippen LogP) is 2.83. The number of rotatable bonds is 5. The molecule has 2 N–H and O–H groups in total. The number of oxazole rings is 1. The van der Waals surface area contributed by atoms with Crippen molar-refractivity contribution in [2.45, 2.75) is 50.7 Å². The lowest BCUT2D eigenvalue weighted by atomic mass is 9.93. The van der Waals surface area contributed by atoms with Crippen molar-refractivity contribution in [1.82, 2.24) is 10.3 Å². The quantitative estimate of drug-likeness (QED) is 0.883. The molecule has 1 aliphatic carbocycles. The number of amides is 1. The summed E-state index contributed by atoms with van der Waals surface area (Å²) in [5.41, 5.74) is 0.362. The molecular weight excluding hydrogens is 311 g/mol. The van der Waals surface area contributed by atoms with Gasteiger partial charge in [0.25, 0.3) is 0 Å². The summed E-state index contributed by atoms with van der Waals surface area (Å²) < 4.78 is 19.3. The average Bonchev–Trinajstić information content (AvgIpc) is 3.04. The number of carbonyl (C=O) groups excluding carboxylic acids is 1. The molecule has 128 valence electrons. The third-order valence-electron chi connectivity index (χ3n) is 4.32. The molecule has 3 rings (SSSR count). The van der Waals surface area contributed by atoms with Gasteiger partial charge in [0.15, 0.2) is 11.7 Å². The number of halogens is 1. The molecule has 0 spiro atoms. The van der Waals surface area contributed by atoms with Crippen molar-refractivity contribution in [3.63, 3.8) is 0 Å². The van der Waals surface area contributed by atoms with Crippen LogP contribution in [0.2, 0.25) is 0 Å². The summed E-state index contributed by atoms with van der Waals surface area (Å²) in [5.74, 6) is 0.367. The van der Waals surface area contributed by atoms with Crippen molar-refractivity contribution < 1.29 is 18.7 Å². The number of benzene rings is 1. The number of aliphatic hydroxyl groups is 1. The Balaban J connectivity index is 1.50. The van der Waals surface area contributed by atoms with Crippen molar-refractivity contribution in [2.75, 3.05) is 0 Å². The Hall–Kier alpha value is -2.21. The van der Waals surface area contributed by atoms with E-state index in [0.29, 0.717) is 23.6 Å². The third kappa shape index (κ3) is 4.20. The maximum Gasteiger partial charge on any atom is 0.220 e. The SMILES string of the molecule is O=C(CCc1ncc(-c2ccccc2F)o1)NC1CCC(O)CC1. The van der Waals surface area contributed by atoms with Crippen LogP contribution in [0.5, 0.6) is 0 Å². The van der Waals surface area contributed by atoms with Crippen LogP contribution in [0.15, 0.2) is 34.9 Å². The van der Waals surface area contributed by atoms with Crippen LogP contribution < -0.4 is 5.32 Å². The van der Waals surface area contributed by atoms with E-state index in [4.69, 9.17) is 4.42 Å². The highest BCUT2D eigenvalue weighted by Gasteiger charge is 2.21. The highest BCUT2D eigenvalue weighted by molar-refractivity contribution is 5.76. The molecule has 1 heterocycles. The normalized spacial score (nSPS) is 20.8. The number of nitrogens with one attached hydrogen (secondary N) is 1. The fourth-order valence-electron chi connectivity index (χ4n) is 2.95. The second-order valence-corrected chi connectivity index (χ2v) is 6.17. The molecule has 0 radical (unpaired) electrons. The highest BCUT2D eigenvalue weighted by atomic mass is 19.1. The van der Waals surface area contributed by atoms with Crippen LogP contribution >= 0.6 is 0 Å². The molecule has 1 aromatic carbocycles. The predicted molar refractivity (Wildman–Crippen MR) is 86.6 cm³/mol. The van der Waals surface area contributed by atoms with E-state index < -0.39 is 0 Å². The van der Waals surface area contributed by atoms with E-state index in [1.807, 2.05) is 0 Å². The van der Waals surface area contributed by atoms with Crippen LogP contribution in [0.4, 0.5) is 4.39 Å². The van der Waals surface area contributed by atoms with Crippen LogP contribution in [0.1, 0.15) is 38.0 Å². The number of aromatic nitrogens is 1. The number of aliphatic hydroxyl groups excluding tert-OH is 1.